The Morgan fingerprint density at radius 1 is 1.44 bits per heavy atom. The Labute approximate surface area is 94.4 Å². The van der Waals surface area contributed by atoms with Crippen molar-refractivity contribution in [2.75, 3.05) is 12.9 Å². The van der Waals surface area contributed by atoms with Gasteiger partial charge in [0, 0.05) is 0 Å². The third kappa shape index (κ3) is 3.48. The molecule has 0 amide bonds. The van der Waals surface area contributed by atoms with Crippen LogP contribution in [0.5, 0.6) is 5.75 Å². The largest absolute Gasteiger partial charge is 0.496 e. The second kappa shape index (κ2) is 4.82. The van der Waals surface area contributed by atoms with E-state index < -0.39 is 22.0 Å². The Balaban J connectivity index is 2.93. The fourth-order valence-corrected chi connectivity index (χ4v) is 2.00. The highest BCUT2D eigenvalue weighted by Crippen LogP contribution is 2.23. The quantitative estimate of drug-likeness (QED) is 0.772. The van der Waals surface area contributed by atoms with Crippen molar-refractivity contribution in [2.45, 2.75) is 13.0 Å². The summed E-state index contributed by atoms with van der Waals surface area (Å²) in [6, 6.07) is 4.81. The molecule has 1 aromatic carbocycles. The van der Waals surface area contributed by atoms with Crippen molar-refractivity contribution in [3.8, 4) is 5.75 Å². The third-order valence-electron chi connectivity index (χ3n) is 2.17. The maximum absolute atomic E-state index is 10.6. The van der Waals surface area contributed by atoms with E-state index in [1.165, 1.54) is 7.11 Å². The Kier molecular flexibility index (Phi) is 3.90. The number of aliphatic hydroxyl groups is 1. The van der Waals surface area contributed by atoms with Gasteiger partial charge in [-0.05, 0) is 30.2 Å². The second-order valence-electron chi connectivity index (χ2n) is 3.49. The topological polar surface area (TPSA) is 83.8 Å². The normalized spacial score (nSPS) is 13.5. The van der Waals surface area contributed by atoms with Crippen LogP contribution in [0.1, 0.15) is 17.2 Å². The maximum atomic E-state index is 10.6. The van der Waals surface area contributed by atoms with E-state index in [0.717, 1.165) is 5.56 Å². The van der Waals surface area contributed by atoms with Crippen molar-refractivity contribution >= 4 is 10.1 Å². The van der Waals surface area contributed by atoms with Gasteiger partial charge >= 0.3 is 0 Å². The van der Waals surface area contributed by atoms with Gasteiger partial charge in [-0.2, -0.15) is 8.42 Å². The first kappa shape index (κ1) is 13.0. The standard InChI is InChI=1S/C10H14O5S/c1-7-5-8(3-4-10(7)15-2)9(11)6-16(12,13)14/h3-5,9,11H,6H2,1-2H3,(H,12,13,14). The van der Waals surface area contributed by atoms with Gasteiger partial charge in [0.1, 0.15) is 11.5 Å². The minimum absolute atomic E-state index is 0.427. The van der Waals surface area contributed by atoms with Crippen molar-refractivity contribution in [2.24, 2.45) is 0 Å². The van der Waals surface area contributed by atoms with Crippen LogP contribution in [0, 0.1) is 6.92 Å². The molecule has 0 saturated carbocycles. The van der Waals surface area contributed by atoms with Crippen LogP contribution in [0.15, 0.2) is 18.2 Å². The van der Waals surface area contributed by atoms with Crippen molar-refractivity contribution in [3.63, 3.8) is 0 Å². The molecule has 0 fully saturated rings. The molecule has 0 bridgehead atoms. The summed E-state index contributed by atoms with van der Waals surface area (Å²) in [4.78, 5) is 0. The smallest absolute Gasteiger partial charge is 0.267 e. The average Bonchev–Trinajstić information content (AvgIpc) is 2.15. The Morgan fingerprint density at radius 3 is 2.50 bits per heavy atom. The molecule has 1 aromatic rings. The lowest BCUT2D eigenvalue weighted by atomic mass is 10.1. The summed E-state index contributed by atoms with van der Waals surface area (Å²) >= 11 is 0. The fourth-order valence-electron chi connectivity index (χ4n) is 1.40. The zero-order valence-corrected chi connectivity index (χ0v) is 9.86. The summed E-state index contributed by atoms with van der Waals surface area (Å²) < 4.78 is 34.8. The van der Waals surface area contributed by atoms with Gasteiger partial charge in [-0.1, -0.05) is 6.07 Å². The first-order valence-electron chi connectivity index (χ1n) is 4.61. The monoisotopic (exact) mass is 246 g/mol. The highest BCUT2D eigenvalue weighted by atomic mass is 32.2. The molecule has 0 aromatic heterocycles. The van der Waals surface area contributed by atoms with E-state index >= 15 is 0 Å². The van der Waals surface area contributed by atoms with Crippen LogP contribution in [0.2, 0.25) is 0 Å². The van der Waals surface area contributed by atoms with E-state index in [0.29, 0.717) is 11.3 Å². The number of hydrogen-bond donors (Lipinski definition) is 2. The molecule has 1 rings (SSSR count). The number of rotatable bonds is 4. The van der Waals surface area contributed by atoms with Crippen molar-refractivity contribution in [1.82, 2.24) is 0 Å². The molecular weight excluding hydrogens is 232 g/mol. The summed E-state index contributed by atoms with van der Waals surface area (Å²) in [7, 11) is -2.66. The van der Waals surface area contributed by atoms with E-state index in [1.807, 2.05) is 0 Å². The third-order valence-corrected chi connectivity index (χ3v) is 2.91. The summed E-state index contributed by atoms with van der Waals surface area (Å²) in [5, 5.41) is 9.56. The van der Waals surface area contributed by atoms with E-state index in [2.05, 4.69) is 0 Å². The van der Waals surface area contributed by atoms with Crippen molar-refractivity contribution in [3.05, 3.63) is 29.3 Å². The summed E-state index contributed by atoms with van der Waals surface area (Å²) in [5.74, 6) is -0.0542. The van der Waals surface area contributed by atoms with Gasteiger partial charge in [0.05, 0.1) is 13.2 Å². The summed E-state index contributed by atoms with van der Waals surface area (Å²) in [6.45, 7) is 1.78. The first-order chi connectivity index (χ1) is 7.33. The maximum Gasteiger partial charge on any atom is 0.267 e. The molecule has 0 radical (unpaired) electrons. The molecule has 0 saturated heterocycles. The molecule has 0 heterocycles. The van der Waals surface area contributed by atoms with Crippen LogP contribution in [0.4, 0.5) is 0 Å². The van der Waals surface area contributed by atoms with Crippen LogP contribution >= 0.6 is 0 Å². The minimum atomic E-state index is -4.18. The average molecular weight is 246 g/mol. The zero-order chi connectivity index (χ0) is 12.3. The lowest BCUT2D eigenvalue weighted by Gasteiger charge is -2.11. The van der Waals surface area contributed by atoms with E-state index in [4.69, 9.17) is 9.29 Å². The highest BCUT2D eigenvalue weighted by molar-refractivity contribution is 7.85. The van der Waals surface area contributed by atoms with Gasteiger partial charge in [0.15, 0.2) is 0 Å². The molecule has 1 unspecified atom stereocenters. The minimum Gasteiger partial charge on any atom is -0.496 e. The van der Waals surface area contributed by atoms with Gasteiger partial charge in [-0.3, -0.25) is 4.55 Å². The van der Waals surface area contributed by atoms with Gasteiger partial charge in [0.25, 0.3) is 10.1 Å². The van der Waals surface area contributed by atoms with Crippen LogP contribution < -0.4 is 4.74 Å². The van der Waals surface area contributed by atoms with Crippen LogP contribution in [-0.4, -0.2) is 30.9 Å². The molecular formula is C10H14O5S. The lowest BCUT2D eigenvalue weighted by molar-refractivity contribution is 0.199. The molecule has 2 N–H and O–H groups in total. The van der Waals surface area contributed by atoms with Crippen LogP contribution in [0.3, 0.4) is 0 Å². The number of aryl methyl sites for hydroxylation is 1. The second-order valence-corrected chi connectivity index (χ2v) is 4.99. The van der Waals surface area contributed by atoms with Crippen LogP contribution in [0.25, 0.3) is 0 Å². The van der Waals surface area contributed by atoms with Gasteiger partial charge < -0.3 is 9.84 Å². The predicted molar refractivity (Wildman–Crippen MR) is 59.1 cm³/mol. The summed E-state index contributed by atoms with van der Waals surface area (Å²) in [5.41, 5.74) is 1.21. The lowest BCUT2D eigenvalue weighted by Crippen LogP contribution is -2.13. The number of benzene rings is 1. The molecule has 90 valence electrons. The van der Waals surface area contributed by atoms with E-state index in [9.17, 15) is 13.5 Å². The number of hydrogen-bond acceptors (Lipinski definition) is 4. The predicted octanol–water partition coefficient (Wildman–Crippen LogP) is 0.925. The highest BCUT2D eigenvalue weighted by Gasteiger charge is 2.16. The Bertz CT molecular complexity index is 466. The number of methoxy groups -OCH3 is 1. The van der Waals surface area contributed by atoms with Gasteiger partial charge in [-0.25, -0.2) is 0 Å². The molecule has 16 heavy (non-hydrogen) atoms. The van der Waals surface area contributed by atoms with Gasteiger partial charge in [0.2, 0.25) is 0 Å². The number of ether oxygens (including phenoxy) is 1. The number of aliphatic hydroxyl groups excluding tert-OH is 1. The molecule has 6 heteroatoms. The Hall–Kier alpha value is -1.11. The molecule has 0 aliphatic rings. The van der Waals surface area contributed by atoms with Crippen molar-refractivity contribution < 1.29 is 22.8 Å². The molecule has 0 aliphatic heterocycles. The molecule has 0 aliphatic carbocycles. The van der Waals surface area contributed by atoms with Gasteiger partial charge in [-0.15, -0.1) is 0 Å². The molecule has 1 atom stereocenters. The molecule has 0 spiro atoms. The van der Waals surface area contributed by atoms with E-state index in [-0.39, 0.29) is 0 Å². The Morgan fingerprint density at radius 2 is 2.06 bits per heavy atom. The first-order valence-corrected chi connectivity index (χ1v) is 6.22. The van der Waals surface area contributed by atoms with Crippen molar-refractivity contribution in [1.29, 1.82) is 0 Å². The molecule has 5 nitrogen and oxygen atoms in total. The SMILES string of the molecule is COc1ccc(C(O)CS(=O)(=O)O)cc1C. The fraction of sp³-hybridized carbons (Fsp3) is 0.400. The van der Waals surface area contributed by atoms with Crippen LogP contribution in [-0.2, 0) is 10.1 Å². The summed E-state index contributed by atoms with van der Waals surface area (Å²) in [6.07, 6.45) is -1.24. The zero-order valence-electron chi connectivity index (χ0n) is 9.04. The van der Waals surface area contributed by atoms with E-state index in [1.54, 1.807) is 25.1 Å².